The lowest BCUT2D eigenvalue weighted by atomic mass is 9.91. The van der Waals surface area contributed by atoms with Gasteiger partial charge in [0.1, 0.15) is 52.5 Å². The van der Waals surface area contributed by atoms with E-state index >= 15 is 0 Å². The minimum Gasteiger partial charge on any atom is -0.387 e. The van der Waals surface area contributed by atoms with Crippen LogP contribution in [0.1, 0.15) is 24.8 Å². The van der Waals surface area contributed by atoms with Gasteiger partial charge in [-0.2, -0.15) is 4.99 Å². The summed E-state index contributed by atoms with van der Waals surface area (Å²) in [6, 6.07) is 10.3. The van der Waals surface area contributed by atoms with Crippen LogP contribution in [0.15, 0.2) is 53.7 Å². The van der Waals surface area contributed by atoms with E-state index < -0.39 is 59.3 Å². The number of fused-ring (bicyclic) bond motifs is 1. The highest BCUT2D eigenvalue weighted by Crippen LogP contribution is 2.40. The van der Waals surface area contributed by atoms with E-state index in [0.29, 0.717) is 5.84 Å². The molecular formula is C26H26ClF2N5O5. The Morgan fingerprint density at radius 2 is 1.87 bits per heavy atom. The average molecular weight is 562 g/mol. The number of aliphatic hydroxyl groups excluding tert-OH is 1. The van der Waals surface area contributed by atoms with Crippen molar-refractivity contribution >= 4 is 23.3 Å². The Hall–Kier alpha value is -3.29. The van der Waals surface area contributed by atoms with Gasteiger partial charge in [-0.25, -0.2) is 13.5 Å². The Labute approximate surface area is 227 Å². The van der Waals surface area contributed by atoms with Gasteiger partial charge >= 0.3 is 0 Å². The molecule has 1 amide bonds. The highest BCUT2D eigenvalue weighted by molar-refractivity contribution is 6.31. The highest BCUT2D eigenvalue weighted by atomic mass is 35.5. The lowest BCUT2D eigenvalue weighted by Crippen LogP contribution is -2.61. The number of nitrogens with zero attached hydrogens (tertiary/aromatic N) is 5. The molecule has 206 valence electrons. The summed E-state index contributed by atoms with van der Waals surface area (Å²) < 4.78 is 47.6. The summed E-state index contributed by atoms with van der Waals surface area (Å²) in [6.07, 6.45) is -3.76. The summed E-state index contributed by atoms with van der Waals surface area (Å²) in [6.45, 7) is 1.71. The van der Waals surface area contributed by atoms with E-state index in [9.17, 15) is 18.7 Å². The third kappa shape index (κ3) is 5.43. The summed E-state index contributed by atoms with van der Waals surface area (Å²) in [4.78, 5) is 18.8. The lowest BCUT2D eigenvalue weighted by molar-refractivity contribution is -0.312. The summed E-state index contributed by atoms with van der Waals surface area (Å²) in [5.74, 6) is -2.18. The Bertz CT molecular complexity index is 1370. The molecule has 2 saturated heterocycles. The van der Waals surface area contributed by atoms with Crippen LogP contribution in [0.25, 0.3) is 11.3 Å². The number of aliphatic imine (C=N–C) groups is 1. The number of amides is 1. The molecule has 1 N–H and O–H groups in total. The van der Waals surface area contributed by atoms with Gasteiger partial charge in [0.05, 0.1) is 12.8 Å². The molecule has 2 aliphatic rings. The molecule has 3 heterocycles. The molecule has 39 heavy (non-hydrogen) atoms. The SMILES string of the molecule is C/C(=N\C(=O)[C@@H]1O[C@@H]2COC(c3ccccc3)O[C@@H]2[C@H](n2cc(-c3cc(F)c(Cl)c(F)c3)nn2)[C@H]1O)N(C)C. The Morgan fingerprint density at radius 3 is 2.54 bits per heavy atom. The van der Waals surface area contributed by atoms with Gasteiger partial charge in [-0.05, 0) is 19.1 Å². The molecule has 1 aromatic heterocycles. The molecule has 2 fully saturated rings. The molecule has 1 unspecified atom stereocenters. The fraction of sp³-hybridized carbons (Fsp3) is 0.385. The molecular weight excluding hydrogens is 536 g/mol. The highest BCUT2D eigenvalue weighted by Gasteiger charge is 2.53. The molecule has 3 aromatic rings. The minimum atomic E-state index is -1.46. The first-order valence-corrected chi connectivity index (χ1v) is 12.5. The van der Waals surface area contributed by atoms with Gasteiger partial charge < -0.3 is 24.2 Å². The molecule has 10 nitrogen and oxygen atoms in total. The van der Waals surface area contributed by atoms with Gasteiger partial charge in [0.25, 0.3) is 5.91 Å². The van der Waals surface area contributed by atoms with E-state index in [1.165, 1.54) is 10.9 Å². The Balaban J connectivity index is 1.51. The number of rotatable bonds is 4. The maximum Gasteiger partial charge on any atom is 0.279 e. The van der Waals surface area contributed by atoms with E-state index in [1.54, 1.807) is 25.9 Å². The van der Waals surface area contributed by atoms with Crippen LogP contribution in [0, 0.1) is 11.6 Å². The van der Waals surface area contributed by atoms with Crippen molar-refractivity contribution in [3.63, 3.8) is 0 Å². The molecule has 0 aliphatic carbocycles. The number of aromatic nitrogens is 3. The molecule has 2 aromatic carbocycles. The first kappa shape index (κ1) is 27.3. The van der Waals surface area contributed by atoms with Crippen molar-refractivity contribution in [3.05, 3.63) is 70.9 Å². The van der Waals surface area contributed by atoms with Crippen LogP contribution in [-0.2, 0) is 19.0 Å². The molecule has 2 aliphatic heterocycles. The van der Waals surface area contributed by atoms with Gasteiger partial charge in [-0.3, -0.25) is 4.79 Å². The standard InChI is InChI=1S/C26H26ClF2N5O5/c1-13(33(2)3)30-25(36)24-22(35)21(23-19(38-24)12-37-26(39-23)14-7-5-4-6-8-14)34-11-18(31-32-34)15-9-16(28)20(27)17(29)10-15/h4-11,19,21-24,26,35H,12H2,1-3H3/b30-13+/t19-,21-,22-,23+,24-,26?/m1/s1. The van der Waals surface area contributed by atoms with E-state index in [2.05, 4.69) is 15.3 Å². The van der Waals surface area contributed by atoms with Gasteiger partial charge in [0, 0.05) is 25.2 Å². The average Bonchev–Trinajstić information content (AvgIpc) is 3.41. The van der Waals surface area contributed by atoms with E-state index in [-0.39, 0.29) is 17.9 Å². The maximum absolute atomic E-state index is 14.1. The number of aliphatic hydroxyl groups is 1. The van der Waals surface area contributed by atoms with Crippen LogP contribution in [0.5, 0.6) is 0 Å². The van der Waals surface area contributed by atoms with E-state index in [0.717, 1.165) is 17.7 Å². The zero-order chi connectivity index (χ0) is 27.8. The lowest BCUT2D eigenvalue weighted by Gasteiger charge is -2.47. The number of hydrogen-bond donors (Lipinski definition) is 1. The third-order valence-corrected chi connectivity index (χ3v) is 7.07. The molecule has 13 heteroatoms. The quantitative estimate of drug-likeness (QED) is 0.294. The Morgan fingerprint density at radius 1 is 1.18 bits per heavy atom. The van der Waals surface area contributed by atoms with Crippen LogP contribution in [0.2, 0.25) is 5.02 Å². The first-order valence-electron chi connectivity index (χ1n) is 12.1. The number of carbonyl (C=O) groups excluding carboxylic acids is 1. The second-order valence-electron chi connectivity index (χ2n) is 9.48. The second-order valence-corrected chi connectivity index (χ2v) is 9.86. The number of amidine groups is 1. The Kier molecular flexibility index (Phi) is 7.74. The van der Waals surface area contributed by atoms with Crippen molar-refractivity contribution in [1.29, 1.82) is 0 Å². The third-order valence-electron chi connectivity index (χ3n) is 6.71. The zero-order valence-corrected chi connectivity index (χ0v) is 22.0. The van der Waals surface area contributed by atoms with Gasteiger partial charge in [-0.15, -0.1) is 5.10 Å². The summed E-state index contributed by atoms with van der Waals surface area (Å²) in [5.41, 5.74) is 0.961. The predicted octanol–water partition coefficient (Wildman–Crippen LogP) is 3.17. The monoisotopic (exact) mass is 561 g/mol. The van der Waals surface area contributed by atoms with Crippen LogP contribution in [-0.4, -0.2) is 81.9 Å². The molecule has 0 spiro atoms. The van der Waals surface area contributed by atoms with Crippen molar-refractivity contribution in [1.82, 2.24) is 19.9 Å². The van der Waals surface area contributed by atoms with E-state index in [1.807, 2.05) is 30.3 Å². The largest absolute Gasteiger partial charge is 0.387 e. The van der Waals surface area contributed by atoms with Crippen molar-refractivity contribution in [2.24, 2.45) is 4.99 Å². The van der Waals surface area contributed by atoms with Crippen molar-refractivity contribution in [2.45, 2.75) is 43.7 Å². The number of carbonyl (C=O) groups is 1. The molecule has 6 atom stereocenters. The van der Waals surface area contributed by atoms with Crippen molar-refractivity contribution in [2.75, 3.05) is 20.7 Å². The van der Waals surface area contributed by atoms with Crippen molar-refractivity contribution < 1.29 is 32.9 Å². The van der Waals surface area contributed by atoms with Gasteiger partial charge in [-0.1, -0.05) is 47.1 Å². The second kappa shape index (κ2) is 11.1. The van der Waals surface area contributed by atoms with Gasteiger partial charge in [0.15, 0.2) is 12.4 Å². The summed E-state index contributed by atoms with van der Waals surface area (Å²) >= 11 is 5.61. The number of hydrogen-bond acceptors (Lipinski definition) is 7. The van der Waals surface area contributed by atoms with Crippen molar-refractivity contribution in [3.8, 4) is 11.3 Å². The number of ether oxygens (including phenoxy) is 3. The normalized spacial score (nSPS) is 27.2. The fourth-order valence-electron chi connectivity index (χ4n) is 4.48. The molecule has 0 radical (unpaired) electrons. The zero-order valence-electron chi connectivity index (χ0n) is 21.2. The van der Waals surface area contributed by atoms with Crippen LogP contribution in [0.4, 0.5) is 8.78 Å². The topological polar surface area (TPSA) is 111 Å². The fourth-order valence-corrected chi connectivity index (χ4v) is 4.59. The van der Waals surface area contributed by atoms with Gasteiger partial charge in [0.2, 0.25) is 0 Å². The minimum absolute atomic E-state index is 0.0583. The smallest absolute Gasteiger partial charge is 0.279 e. The maximum atomic E-state index is 14.1. The number of halogens is 3. The summed E-state index contributed by atoms with van der Waals surface area (Å²) in [5, 5.41) is 19.0. The van der Waals surface area contributed by atoms with Crippen LogP contribution < -0.4 is 0 Å². The molecule has 0 saturated carbocycles. The van der Waals surface area contributed by atoms with Crippen LogP contribution >= 0.6 is 11.6 Å². The summed E-state index contributed by atoms with van der Waals surface area (Å²) in [7, 11) is 3.46. The first-order chi connectivity index (χ1) is 18.6. The number of benzene rings is 2. The molecule has 0 bridgehead atoms. The van der Waals surface area contributed by atoms with Crippen LogP contribution in [0.3, 0.4) is 0 Å². The molecule has 5 rings (SSSR count). The van der Waals surface area contributed by atoms with E-state index in [4.69, 9.17) is 25.8 Å². The predicted molar refractivity (Wildman–Crippen MR) is 136 cm³/mol.